The van der Waals surface area contributed by atoms with Crippen LogP contribution in [-0.2, 0) is 11.2 Å². The van der Waals surface area contributed by atoms with E-state index < -0.39 is 0 Å². The summed E-state index contributed by atoms with van der Waals surface area (Å²) >= 11 is 0. The van der Waals surface area contributed by atoms with Crippen molar-refractivity contribution in [2.75, 3.05) is 0 Å². The Labute approximate surface area is 50.4 Å². The maximum Gasteiger partial charge on any atom is 0.319 e. The quantitative estimate of drug-likeness (QED) is 0.462. The third-order valence-electron chi connectivity index (χ3n) is 1.12. The lowest BCUT2D eigenvalue weighted by atomic mass is 10.4. The predicted octanol–water partition coefficient (Wildman–Crippen LogP) is 0.136. The highest BCUT2D eigenvalue weighted by molar-refractivity contribution is 5.78. The highest BCUT2D eigenvalue weighted by Gasteiger charge is 2.24. The summed E-state index contributed by atoms with van der Waals surface area (Å²) in [4.78, 5) is 14.2. The smallest absolute Gasteiger partial charge is 0.319 e. The van der Waals surface area contributed by atoms with Crippen LogP contribution in [-0.4, -0.2) is 11.0 Å². The van der Waals surface area contributed by atoms with Gasteiger partial charge < -0.3 is 9.15 Å². The fourth-order valence-electron chi connectivity index (χ4n) is 0.736. The molecule has 2 heterocycles. The van der Waals surface area contributed by atoms with E-state index in [1.54, 1.807) is 0 Å². The molecular weight excluding hydrogens is 122 g/mol. The van der Waals surface area contributed by atoms with Crippen LogP contribution >= 0.6 is 0 Å². The summed E-state index contributed by atoms with van der Waals surface area (Å²) in [5.41, 5.74) is 0.597. The number of aromatic nitrogens is 1. The molecule has 0 radical (unpaired) electrons. The first-order valence-corrected chi connectivity index (χ1v) is 2.49. The summed E-state index contributed by atoms with van der Waals surface area (Å²) in [5, 5.41) is 0. The van der Waals surface area contributed by atoms with Crippen molar-refractivity contribution >= 4 is 5.97 Å². The standard InChI is InChI=1S/C5H3NO3/c7-4-1-3-5(9-4)8-2-6-3/h2H,1H2. The van der Waals surface area contributed by atoms with Crippen LogP contribution in [0.5, 0.6) is 5.95 Å². The summed E-state index contributed by atoms with van der Waals surface area (Å²) in [6.45, 7) is 0. The largest absolute Gasteiger partial charge is 0.412 e. The lowest BCUT2D eigenvalue weighted by Crippen LogP contribution is -2.00. The number of nitrogens with zero attached hydrogens (tertiary/aromatic N) is 1. The van der Waals surface area contributed by atoms with Crippen LogP contribution in [0.4, 0.5) is 0 Å². The number of carbonyl (C=O) groups excluding carboxylic acids is 1. The van der Waals surface area contributed by atoms with Crippen molar-refractivity contribution in [1.82, 2.24) is 4.98 Å². The van der Waals surface area contributed by atoms with Gasteiger partial charge in [-0.1, -0.05) is 0 Å². The molecule has 1 aromatic heterocycles. The van der Waals surface area contributed by atoms with Gasteiger partial charge >= 0.3 is 11.9 Å². The number of oxazole rings is 1. The molecule has 0 fully saturated rings. The molecular formula is C5H3NO3. The zero-order chi connectivity index (χ0) is 6.27. The van der Waals surface area contributed by atoms with Crippen LogP contribution in [0.3, 0.4) is 0 Å². The second-order valence-corrected chi connectivity index (χ2v) is 1.74. The maximum absolute atomic E-state index is 10.4. The Balaban J connectivity index is 2.49. The zero-order valence-electron chi connectivity index (χ0n) is 4.46. The second kappa shape index (κ2) is 1.34. The third-order valence-corrected chi connectivity index (χ3v) is 1.12. The van der Waals surface area contributed by atoms with Crippen molar-refractivity contribution in [3.63, 3.8) is 0 Å². The van der Waals surface area contributed by atoms with Gasteiger partial charge in [-0.25, -0.2) is 4.98 Å². The van der Waals surface area contributed by atoms with E-state index in [4.69, 9.17) is 4.42 Å². The van der Waals surface area contributed by atoms with E-state index in [2.05, 4.69) is 9.72 Å². The minimum atomic E-state index is -0.295. The van der Waals surface area contributed by atoms with Gasteiger partial charge in [-0.2, -0.15) is 0 Å². The average Bonchev–Trinajstić information content (AvgIpc) is 2.22. The van der Waals surface area contributed by atoms with Crippen LogP contribution in [0.1, 0.15) is 5.69 Å². The van der Waals surface area contributed by atoms with Crippen molar-refractivity contribution in [3.05, 3.63) is 12.1 Å². The molecule has 1 aliphatic heterocycles. The van der Waals surface area contributed by atoms with E-state index in [1.807, 2.05) is 0 Å². The van der Waals surface area contributed by atoms with Gasteiger partial charge in [0.15, 0.2) is 6.39 Å². The molecule has 0 saturated carbocycles. The topological polar surface area (TPSA) is 52.3 Å². The molecule has 0 amide bonds. The highest BCUT2D eigenvalue weighted by Crippen LogP contribution is 2.23. The van der Waals surface area contributed by atoms with Gasteiger partial charge in [0.05, 0.1) is 6.42 Å². The van der Waals surface area contributed by atoms with Crippen molar-refractivity contribution in [1.29, 1.82) is 0 Å². The normalized spacial score (nSPS) is 15.3. The van der Waals surface area contributed by atoms with Crippen molar-refractivity contribution in [3.8, 4) is 5.95 Å². The molecule has 0 aliphatic carbocycles. The van der Waals surface area contributed by atoms with Gasteiger partial charge in [-0.3, -0.25) is 4.79 Å². The number of rotatable bonds is 0. The Morgan fingerprint density at radius 1 is 1.67 bits per heavy atom. The molecule has 4 heteroatoms. The fraction of sp³-hybridized carbons (Fsp3) is 0.200. The number of ether oxygens (including phenoxy) is 1. The van der Waals surface area contributed by atoms with Crippen molar-refractivity contribution < 1.29 is 13.9 Å². The minimum Gasteiger partial charge on any atom is -0.412 e. The van der Waals surface area contributed by atoms with Gasteiger partial charge in [0.1, 0.15) is 5.69 Å². The molecule has 1 aliphatic rings. The Bertz CT molecular complexity index is 230. The lowest BCUT2D eigenvalue weighted by Gasteiger charge is -1.83. The summed E-state index contributed by atoms with van der Waals surface area (Å²) in [5.74, 6) is -0.0446. The minimum absolute atomic E-state index is 0.242. The molecule has 0 aromatic carbocycles. The molecule has 0 unspecified atom stereocenters. The molecule has 0 bridgehead atoms. The fourth-order valence-corrected chi connectivity index (χ4v) is 0.736. The first kappa shape index (κ1) is 4.55. The molecule has 1 aromatic rings. The van der Waals surface area contributed by atoms with Gasteiger partial charge in [0, 0.05) is 0 Å². The predicted molar refractivity (Wildman–Crippen MR) is 25.8 cm³/mol. The van der Waals surface area contributed by atoms with Crippen LogP contribution < -0.4 is 4.74 Å². The summed E-state index contributed by atoms with van der Waals surface area (Å²) < 4.78 is 9.27. The number of carbonyl (C=O) groups is 1. The highest BCUT2D eigenvalue weighted by atomic mass is 16.6. The Hall–Kier alpha value is -1.32. The first-order chi connectivity index (χ1) is 4.36. The molecule has 0 spiro atoms. The monoisotopic (exact) mass is 125 g/mol. The van der Waals surface area contributed by atoms with E-state index in [1.165, 1.54) is 6.39 Å². The average molecular weight is 125 g/mol. The lowest BCUT2D eigenvalue weighted by molar-refractivity contribution is -0.132. The van der Waals surface area contributed by atoms with E-state index >= 15 is 0 Å². The second-order valence-electron chi connectivity index (χ2n) is 1.74. The summed E-state index contributed by atoms with van der Waals surface area (Å²) in [6.07, 6.45) is 1.50. The molecule has 4 nitrogen and oxygen atoms in total. The van der Waals surface area contributed by atoms with E-state index in [0.29, 0.717) is 5.69 Å². The molecule has 2 rings (SSSR count). The van der Waals surface area contributed by atoms with Crippen molar-refractivity contribution in [2.24, 2.45) is 0 Å². The van der Waals surface area contributed by atoms with Crippen LogP contribution in [0.15, 0.2) is 10.8 Å². The van der Waals surface area contributed by atoms with Gasteiger partial charge in [0.25, 0.3) is 0 Å². The Morgan fingerprint density at radius 3 is 3.33 bits per heavy atom. The molecule has 0 saturated heterocycles. The van der Waals surface area contributed by atoms with Crippen LogP contribution in [0, 0.1) is 0 Å². The number of esters is 1. The SMILES string of the molecule is O=C1Cc2ncoc2O1. The van der Waals surface area contributed by atoms with E-state index in [0.717, 1.165) is 0 Å². The van der Waals surface area contributed by atoms with E-state index in [9.17, 15) is 4.79 Å². The Morgan fingerprint density at radius 2 is 2.56 bits per heavy atom. The van der Waals surface area contributed by atoms with Gasteiger partial charge in [-0.15, -0.1) is 0 Å². The number of hydrogen-bond donors (Lipinski definition) is 0. The van der Waals surface area contributed by atoms with Gasteiger partial charge in [-0.05, 0) is 0 Å². The molecule has 0 atom stereocenters. The Kier molecular flexibility index (Phi) is 0.677. The number of hydrogen-bond acceptors (Lipinski definition) is 4. The summed E-state index contributed by atoms with van der Waals surface area (Å²) in [6, 6.07) is 0. The zero-order valence-corrected chi connectivity index (χ0v) is 4.46. The summed E-state index contributed by atoms with van der Waals surface area (Å²) in [7, 11) is 0. The van der Waals surface area contributed by atoms with Crippen LogP contribution in [0.2, 0.25) is 0 Å². The number of fused-ring (bicyclic) bond motifs is 1. The van der Waals surface area contributed by atoms with Crippen LogP contribution in [0.25, 0.3) is 0 Å². The van der Waals surface area contributed by atoms with E-state index in [-0.39, 0.29) is 18.3 Å². The maximum atomic E-state index is 10.4. The third kappa shape index (κ3) is 0.526. The molecule has 9 heavy (non-hydrogen) atoms. The molecule has 46 valence electrons. The van der Waals surface area contributed by atoms with Gasteiger partial charge in [0.2, 0.25) is 0 Å². The van der Waals surface area contributed by atoms with Crippen molar-refractivity contribution in [2.45, 2.75) is 6.42 Å². The molecule has 0 N–H and O–H groups in total. The first-order valence-electron chi connectivity index (χ1n) is 2.49.